The van der Waals surface area contributed by atoms with Crippen molar-refractivity contribution in [3.05, 3.63) is 87.9 Å². The number of anilines is 1. The molecule has 194 valence electrons. The third-order valence-corrected chi connectivity index (χ3v) is 8.75. The molecule has 0 fully saturated rings. The maximum absolute atomic E-state index is 13.8. The van der Waals surface area contributed by atoms with Crippen LogP contribution in [0.25, 0.3) is 0 Å². The SMILES string of the molecule is COc1ccc(C)cc1S(=O)(=O)N(CCCCCCN1C(=O)c2ccccc2C1=O)c1ccc(Br)cc1. The van der Waals surface area contributed by atoms with Gasteiger partial charge in [-0.2, -0.15) is 0 Å². The summed E-state index contributed by atoms with van der Waals surface area (Å²) in [5.74, 6) is -0.200. The lowest BCUT2D eigenvalue weighted by Crippen LogP contribution is -2.32. The van der Waals surface area contributed by atoms with Gasteiger partial charge in [0.2, 0.25) is 0 Å². The molecule has 1 heterocycles. The molecule has 3 aromatic rings. The van der Waals surface area contributed by atoms with E-state index < -0.39 is 10.0 Å². The smallest absolute Gasteiger partial charge is 0.268 e. The highest BCUT2D eigenvalue weighted by molar-refractivity contribution is 9.10. The molecule has 4 rings (SSSR count). The molecule has 1 aliphatic heterocycles. The van der Waals surface area contributed by atoms with Crippen LogP contribution >= 0.6 is 15.9 Å². The van der Waals surface area contributed by atoms with Gasteiger partial charge in [0.15, 0.2) is 0 Å². The van der Waals surface area contributed by atoms with Gasteiger partial charge in [0.1, 0.15) is 10.6 Å². The van der Waals surface area contributed by atoms with Crippen LogP contribution in [-0.2, 0) is 10.0 Å². The van der Waals surface area contributed by atoms with E-state index in [-0.39, 0.29) is 23.3 Å². The van der Waals surface area contributed by atoms with E-state index in [0.717, 1.165) is 22.9 Å². The number of rotatable bonds is 11. The average Bonchev–Trinajstić information content (AvgIpc) is 3.13. The summed E-state index contributed by atoms with van der Waals surface area (Å²) in [5, 5.41) is 0. The summed E-state index contributed by atoms with van der Waals surface area (Å²) in [6.07, 6.45) is 2.78. The van der Waals surface area contributed by atoms with Gasteiger partial charge in [0, 0.05) is 17.6 Å². The molecule has 0 radical (unpaired) electrons. The normalized spacial score (nSPS) is 13.1. The molecule has 0 saturated carbocycles. The Morgan fingerprint density at radius 3 is 2.11 bits per heavy atom. The van der Waals surface area contributed by atoms with E-state index in [0.29, 0.717) is 42.0 Å². The number of amides is 2. The molecule has 0 saturated heterocycles. The van der Waals surface area contributed by atoms with Crippen LogP contribution in [0.5, 0.6) is 5.75 Å². The number of hydrogen-bond donors (Lipinski definition) is 0. The third-order valence-electron chi connectivity index (χ3n) is 6.37. The van der Waals surface area contributed by atoms with Crippen molar-refractivity contribution in [1.29, 1.82) is 0 Å². The Morgan fingerprint density at radius 2 is 1.49 bits per heavy atom. The molecule has 9 heteroatoms. The first-order valence-corrected chi connectivity index (χ1v) is 14.4. The Hall–Kier alpha value is -3.17. The number of benzene rings is 3. The number of unbranched alkanes of at least 4 members (excludes halogenated alkanes) is 3. The van der Waals surface area contributed by atoms with Crippen molar-refractivity contribution in [3.63, 3.8) is 0 Å². The molecule has 3 aromatic carbocycles. The summed E-state index contributed by atoms with van der Waals surface area (Å²) in [4.78, 5) is 26.5. The minimum atomic E-state index is -3.89. The molecule has 2 amide bonds. The molecule has 0 aromatic heterocycles. The van der Waals surface area contributed by atoms with E-state index in [1.807, 2.05) is 25.1 Å². The Balaban J connectivity index is 1.41. The average molecular weight is 586 g/mol. The highest BCUT2D eigenvalue weighted by Crippen LogP contribution is 2.32. The van der Waals surface area contributed by atoms with Gasteiger partial charge in [-0.15, -0.1) is 0 Å². The molecular weight excluding hydrogens is 556 g/mol. The fourth-order valence-electron chi connectivity index (χ4n) is 4.42. The van der Waals surface area contributed by atoms with E-state index in [4.69, 9.17) is 4.74 Å². The number of aryl methyl sites for hydroxylation is 1. The van der Waals surface area contributed by atoms with Gasteiger partial charge in [-0.3, -0.25) is 18.8 Å². The first-order chi connectivity index (χ1) is 17.7. The maximum atomic E-state index is 13.8. The molecule has 37 heavy (non-hydrogen) atoms. The second-order valence-electron chi connectivity index (χ2n) is 8.93. The van der Waals surface area contributed by atoms with Crippen LogP contribution in [0.15, 0.2) is 76.1 Å². The van der Waals surface area contributed by atoms with Crippen LogP contribution in [0.4, 0.5) is 5.69 Å². The highest BCUT2D eigenvalue weighted by Gasteiger charge is 2.34. The Labute approximate surface area is 226 Å². The summed E-state index contributed by atoms with van der Waals surface area (Å²) in [5.41, 5.74) is 2.30. The van der Waals surface area contributed by atoms with Crippen LogP contribution < -0.4 is 9.04 Å². The number of nitrogens with zero attached hydrogens (tertiary/aromatic N) is 2. The van der Waals surface area contributed by atoms with Gasteiger partial charge in [-0.05, 0) is 73.9 Å². The first-order valence-electron chi connectivity index (χ1n) is 12.1. The lowest BCUT2D eigenvalue weighted by atomic mass is 10.1. The van der Waals surface area contributed by atoms with Gasteiger partial charge >= 0.3 is 0 Å². The van der Waals surface area contributed by atoms with Crippen LogP contribution in [0, 0.1) is 6.92 Å². The molecule has 0 spiro atoms. The fraction of sp³-hybridized carbons (Fsp3) is 0.286. The van der Waals surface area contributed by atoms with Crippen molar-refractivity contribution < 1.29 is 22.7 Å². The Morgan fingerprint density at radius 1 is 0.865 bits per heavy atom. The summed E-state index contributed by atoms with van der Waals surface area (Å²) in [6.45, 7) is 2.48. The van der Waals surface area contributed by atoms with Crippen LogP contribution in [0.1, 0.15) is 52.0 Å². The van der Waals surface area contributed by atoms with Gasteiger partial charge in [-0.25, -0.2) is 8.42 Å². The number of halogens is 1. The zero-order valence-electron chi connectivity index (χ0n) is 20.8. The van der Waals surface area contributed by atoms with E-state index in [1.54, 1.807) is 48.5 Å². The molecule has 0 atom stereocenters. The van der Waals surface area contributed by atoms with Gasteiger partial charge in [0.25, 0.3) is 21.8 Å². The van der Waals surface area contributed by atoms with Crippen molar-refractivity contribution in [3.8, 4) is 5.75 Å². The predicted octanol–water partition coefficient (Wildman–Crippen LogP) is 5.82. The molecule has 0 bridgehead atoms. The van der Waals surface area contributed by atoms with Crippen LogP contribution in [0.2, 0.25) is 0 Å². The number of fused-ring (bicyclic) bond motifs is 1. The fourth-order valence-corrected chi connectivity index (χ4v) is 6.43. The number of carbonyl (C=O) groups excluding carboxylic acids is 2. The zero-order chi connectivity index (χ0) is 26.6. The van der Waals surface area contributed by atoms with E-state index >= 15 is 0 Å². The van der Waals surface area contributed by atoms with Gasteiger partial charge < -0.3 is 4.74 Å². The summed E-state index contributed by atoms with van der Waals surface area (Å²) >= 11 is 3.41. The van der Waals surface area contributed by atoms with Gasteiger partial charge in [-0.1, -0.05) is 47.0 Å². The topological polar surface area (TPSA) is 84.0 Å². The number of ether oxygens (including phenoxy) is 1. The van der Waals surface area contributed by atoms with Gasteiger partial charge in [0.05, 0.1) is 23.9 Å². The predicted molar refractivity (Wildman–Crippen MR) is 147 cm³/mol. The number of methoxy groups -OCH3 is 1. The van der Waals surface area contributed by atoms with E-state index in [9.17, 15) is 18.0 Å². The lowest BCUT2D eigenvalue weighted by Gasteiger charge is -2.26. The number of sulfonamides is 1. The minimum absolute atomic E-state index is 0.128. The number of imide groups is 1. The van der Waals surface area contributed by atoms with Crippen LogP contribution in [0.3, 0.4) is 0 Å². The first kappa shape index (κ1) is 26.9. The largest absolute Gasteiger partial charge is 0.495 e. The Kier molecular flexibility index (Phi) is 8.34. The van der Waals surface area contributed by atoms with E-state index in [2.05, 4.69) is 15.9 Å². The molecular formula is C28H29BrN2O5S. The third kappa shape index (κ3) is 5.72. The molecule has 1 aliphatic rings. The van der Waals surface area contributed by atoms with Crippen LogP contribution in [-0.4, -0.2) is 45.3 Å². The molecule has 0 N–H and O–H groups in total. The molecule has 0 unspecified atom stereocenters. The van der Waals surface area contributed by atoms with Crippen molar-refractivity contribution in [2.45, 2.75) is 37.5 Å². The monoisotopic (exact) mass is 584 g/mol. The van der Waals surface area contributed by atoms with Crippen molar-refractivity contribution in [1.82, 2.24) is 4.90 Å². The number of carbonyl (C=O) groups is 2. The number of hydrogen-bond acceptors (Lipinski definition) is 5. The Bertz CT molecular complexity index is 1370. The maximum Gasteiger partial charge on any atom is 0.268 e. The zero-order valence-corrected chi connectivity index (χ0v) is 23.2. The minimum Gasteiger partial charge on any atom is -0.495 e. The van der Waals surface area contributed by atoms with E-state index in [1.165, 1.54) is 16.3 Å². The second kappa shape index (κ2) is 11.5. The summed E-state index contributed by atoms with van der Waals surface area (Å²) in [7, 11) is -2.43. The molecule has 0 aliphatic carbocycles. The summed E-state index contributed by atoms with van der Waals surface area (Å²) < 4.78 is 35.2. The second-order valence-corrected chi connectivity index (χ2v) is 11.7. The van der Waals surface area contributed by atoms with Crippen molar-refractivity contribution >= 4 is 43.5 Å². The van der Waals surface area contributed by atoms with Crippen molar-refractivity contribution in [2.24, 2.45) is 0 Å². The quantitative estimate of drug-likeness (QED) is 0.209. The summed E-state index contributed by atoms with van der Waals surface area (Å²) in [6, 6.07) is 19.1. The molecule has 7 nitrogen and oxygen atoms in total. The lowest BCUT2D eigenvalue weighted by molar-refractivity contribution is 0.0651. The highest BCUT2D eigenvalue weighted by atomic mass is 79.9. The standard InChI is InChI=1S/C28H29BrN2O5S/c1-20-11-16-25(36-2)26(19-20)37(34,35)31(22-14-12-21(29)13-15-22)18-8-4-3-7-17-30-27(32)23-9-5-6-10-24(23)28(30)33/h5-6,9-16,19H,3-4,7-8,17-18H2,1-2H3. The van der Waals surface area contributed by atoms with Crippen molar-refractivity contribution in [2.75, 3.05) is 24.5 Å².